The molecule has 1 heterocycles. The van der Waals surface area contributed by atoms with E-state index in [1.165, 1.54) is 36.2 Å². The number of thiophene rings is 1. The van der Waals surface area contributed by atoms with E-state index in [4.69, 9.17) is 5.73 Å². The lowest BCUT2D eigenvalue weighted by Gasteiger charge is -2.19. The number of nitrogens with two attached hydrogens (primary N) is 1. The van der Waals surface area contributed by atoms with Crippen molar-refractivity contribution in [3.8, 4) is 0 Å². The van der Waals surface area contributed by atoms with Gasteiger partial charge in [-0.15, -0.1) is 11.3 Å². The van der Waals surface area contributed by atoms with Gasteiger partial charge in [0.2, 0.25) is 0 Å². The van der Waals surface area contributed by atoms with Crippen LogP contribution in [-0.2, 0) is 0 Å². The Bertz CT molecular complexity index is 517. The summed E-state index contributed by atoms with van der Waals surface area (Å²) in [4.78, 5) is 15.1. The molecule has 20 heavy (non-hydrogen) atoms. The van der Waals surface area contributed by atoms with E-state index < -0.39 is 0 Å². The summed E-state index contributed by atoms with van der Waals surface area (Å²) in [5.74, 6) is 1.39. The van der Waals surface area contributed by atoms with E-state index in [0.29, 0.717) is 17.3 Å². The Hall–Kier alpha value is -1.23. The van der Waals surface area contributed by atoms with Gasteiger partial charge >= 0.3 is 0 Å². The van der Waals surface area contributed by atoms with Gasteiger partial charge in [-0.25, -0.2) is 0 Å². The molecule has 3 N–H and O–H groups in total. The van der Waals surface area contributed by atoms with Gasteiger partial charge in [-0.2, -0.15) is 0 Å². The number of nitrogen functional groups attached to an aromatic ring is 1. The molecule has 1 aromatic rings. The van der Waals surface area contributed by atoms with Crippen molar-refractivity contribution in [1.82, 2.24) is 5.32 Å². The van der Waals surface area contributed by atoms with Gasteiger partial charge in [0.25, 0.3) is 5.91 Å². The average molecular weight is 293 g/mol. The minimum Gasteiger partial charge on any atom is -0.397 e. The van der Waals surface area contributed by atoms with Crippen molar-refractivity contribution in [2.75, 3.05) is 30.8 Å². The van der Waals surface area contributed by atoms with Gasteiger partial charge in [-0.3, -0.25) is 4.79 Å². The Balaban J connectivity index is 1.90. The molecular weight excluding hydrogens is 270 g/mol. The van der Waals surface area contributed by atoms with E-state index in [0.717, 1.165) is 18.2 Å². The summed E-state index contributed by atoms with van der Waals surface area (Å²) in [5.41, 5.74) is 8.24. The fourth-order valence-corrected chi connectivity index (χ4v) is 3.87. The Morgan fingerprint density at radius 2 is 2.10 bits per heavy atom. The smallest absolute Gasteiger partial charge is 0.263 e. The van der Waals surface area contributed by atoms with Crippen LogP contribution in [0.1, 0.15) is 53.8 Å². The van der Waals surface area contributed by atoms with Gasteiger partial charge < -0.3 is 16.0 Å². The number of hydrogen-bond acceptors (Lipinski definition) is 4. The number of carbonyl (C=O) groups is 1. The molecular formula is C15H23N3OS. The minimum absolute atomic E-state index is 0.0250. The molecule has 2 aliphatic carbocycles. The molecule has 1 aromatic heterocycles. The number of rotatable bonds is 6. The van der Waals surface area contributed by atoms with Crippen molar-refractivity contribution in [3.63, 3.8) is 0 Å². The Kier molecular flexibility index (Phi) is 3.63. The first-order valence-electron chi connectivity index (χ1n) is 7.53. The SMILES string of the molecule is CCNC(=O)c1sc(N(C)CC2CC2)c(C2CC2)c1N. The van der Waals surface area contributed by atoms with Crippen LogP contribution < -0.4 is 16.0 Å². The Labute approximate surface area is 124 Å². The van der Waals surface area contributed by atoms with Gasteiger partial charge in [0.1, 0.15) is 4.88 Å². The summed E-state index contributed by atoms with van der Waals surface area (Å²) in [6.07, 6.45) is 5.10. The third kappa shape index (κ3) is 2.64. The summed E-state index contributed by atoms with van der Waals surface area (Å²) >= 11 is 1.57. The van der Waals surface area contributed by atoms with Crippen molar-refractivity contribution in [1.29, 1.82) is 0 Å². The second kappa shape index (κ2) is 5.28. The first-order valence-corrected chi connectivity index (χ1v) is 8.35. The second-order valence-electron chi connectivity index (χ2n) is 6.02. The van der Waals surface area contributed by atoms with E-state index in [-0.39, 0.29) is 5.91 Å². The van der Waals surface area contributed by atoms with Crippen molar-refractivity contribution >= 4 is 27.9 Å². The van der Waals surface area contributed by atoms with Crippen molar-refractivity contribution in [2.24, 2.45) is 5.92 Å². The standard InChI is InChI=1S/C15H23N3OS/c1-3-17-14(19)13-12(16)11(10-6-7-10)15(20-13)18(2)8-9-4-5-9/h9-10H,3-8,16H2,1-2H3,(H,17,19). The first-order chi connectivity index (χ1) is 9.61. The highest BCUT2D eigenvalue weighted by Gasteiger charge is 2.35. The predicted octanol–water partition coefficient (Wildman–Crippen LogP) is 2.80. The van der Waals surface area contributed by atoms with Crippen LogP contribution in [0.5, 0.6) is 0 Å². The number of hydrogen-bond donors (Lipinski definition) is 2. The normalized spacial score (nSPS) is 18.1. The van der Waals surface area contributed by atoms with Crippen LogP contribution in [0.25, 0.3) is 0 Å². The predicted molar refractivity (Wildman–Crippen MR) is 84.7 cm³/mol. The fourth-order valence-electron chi connectivity index (χ4n) is 2.67. The van der Waals surface area contributed by atoms with Crippen LogP contribution in [0.4, 0.5) is 10.7 Å². The summed E-state index contributed by atoms with van der Waals surface area (Å²) < 4.78 is 0. The zero-order chi connectivity index (χ0) is 14.3. The van der Waals surface area contributed by atoms with E-state index in [1.807, 2.05) is 6.92 Å². The van der Waals surface area contributed by atoms with Crippen molar-refractivity contribution < 1.29 is 4.79 Å². The second-order valence-corrected chi connectivity index (χ2v) is 7.02. The molecule has 0 radical (unpaired) electrons. The van der Waals surface area contributed by atoms with Crippen LogP contribution in [-0.4, -0.2) is 26.0 Å². The maximum absolute atomic E-state index is 12.1. The minimum atomic E-state index is -0.0250. The molecule has 0 bridgehead atoms. The lowest BCUT2D eigenvalue weighted by Crippen LogP contribution is -2.22. The number of carbonyl (C=O) groups excluding carboxylic acids is 1. The maximum atomic E-state index is 12.1. The monoisotopic (exact) mass is 293 g/mol. The number of nitrogens with one attached hydrogen (secondary N) is 1. The molecule has 1 amide bonds. The quantitative estimate of drug-likeness (QED) is 0.848. The van der Waals surface area contributed by atoms with Crippen LogP contribution in [0.3, 0.4) is 0 Å². The van der Waals surface area contributed by atoms with Gasteiger partial charge in [-0.1, -0.05) is 0 Å². The third-order valence-corrected chi connectivity index (χ3v) is 5.40. The molecule has 0 spiro atoms. The van der Waals surface area contributed by atoms with E-state index in [1.54, 1.807) is 11.3 Å². The van der Waals surface area contributed by atoms with Gasteiger partial charge in [0.15, 0.2) is 0 Å². The molecule has 2 fully saturated rings. The zero-order valence-corrected chi connectivity index (χ0v) is 13.1. The molecule has 110 valence electrons. The zero-order valence-electron chi connectivity index (χ0n) is 12.2. The van der Waals surface area contributed by atoms with E-state index in [9.17, 15) is 4.79 Å². The van der Waals surface area contributed by atoms with Crippen LogP contribution in [0.2, 0.25) is 0 Å². The van der Waals surface area contributed by atoms with Crippen molar-refractivity contribution in [2.45, 2.75) is 38.5 Å². The van der Waals surface area contributed by atoms with Crippen molar-refractivity contribution in [3.05, 3.63) is 10.4 Å². The molecule has 0 unspecified atom stereocenters. The fraction of sp³-hybridized carbons (Fsp3) is 0.667. The highest BCUT2D eigenvalue weighted by Crippen LogP contribution is 2.52. The molecule has 5 heteroatoms. The maximum Gasteiger partial charge on any atom is 0.263 e. The number of nitrogens with zero attached hydrogens (tertiary/aromatic N) is 1. The highest BCUT2D eigenvalue weighted by molar-refractivity contribution is 7.18. The largest absolute Gasteiger partial charge is 0.397 e. The summed E-state index contributed by atoms with van der Waals surface area (Å²) in [7, 11) is 2.14. The topological polar surface area (TPSA) is 58.4 Å². The number of anilines is 2. The molecule has 2 aliphatic rings. The molecule has 4 nitrogen and oxygen atoms in total. The van der Waals surface area contributed by atoms with Crippen LogP contribution in [0.15, 0.2) is 0 Å². The van der Waals surface area contributed by atoms with Gasteiger partial charge in [0.05, 0.1) is 10.7 Å². The summed E-state index contributed by atoms with van der Waals surface area (Å²) in [5, 5.41) is 4.09. The van der Waals surface area contributed by atoms with E-state index >= 15 is 0 Å². The van der Waals surface area contributed by atoms with E-state index in [2.05, 4.69) is 17.3 Å². The molecule has 0 atom stereocenters. The molecule has 2 saturated carbocycles. The molecule has 0 saturated heterocycles. The third-order valence-electron chi connectivity index (χ3n) is 4.07. The molecule has 0 aromatic carbocycles. The molecule has 0 aliphatic heterocycles. The average Bonchev–Trinajstić information content (AvgIpc) is 3.30. The van der Waals surface area contributed by atoms with Crippen LogP contribution in [0, 0.1) is 5.92 Å². The lowest BCUT2D eigenvalue weighted by molar-refractivity contribution is 0.0960. The Morgan fingerprint density at radius 3 is 2.65 bits per heavy atom. The summed E-state index contributed by atoms with van der Waals surface area (Å²) in [6.45, 7) is 3.67. The lowest BCUT2D eigenvalue weighted by atomic mass is 10.1. The van der Waals surface area contributed by atoms with Crippen LogP contribution >= 0.6 is 11.3 Å². The van der Waals surface area contributed by atoms with Gasteiger partial charge in [-0.05, 0) is 44.4 Å². The summed E-state index contributed by atoms with van der Waals surface area (Å²) in [6, 6.07) is 0. The molecule has 3 rings (SSSR count). The number of amides is 1. The first kappa shape index (κ1) is 13.7. The Morgan fingerprint density at radius 1 is 1.40 bits per heavy atom. The highest BCUT2D eigenvalue weighted by atomic mass is 32.1. The van der Waals surface area contributed by atoms with Gasteiger partial charge in [0, 0.05) is 25.7 Å².